The van der Waals surface area contributed by atoms with Gasteiger partial charge in [-0.3, -0.25) is 14.5 Å². The zero-order valence-corrected chi connectivity index (χ0v) is 17.5. The zero-order valence-electron chi connectivity index (χ0n) is 15.1. The SMILES string of the molecule is O=C(CNC(=O)c1ccc(Br)o1)NCC(c1ccccc1Cl)N1CCOCC1. The molecule has 0 spiro atoms. The van der Waals surface area contributed by atoms with Crippen LogP contribution in [-0.2, 0) is 9.53 Å². The Morgan fingerprint density at radius 1 is 1.14 bits per heavy atom. The summed E-state index contributed by atoms with van der Waals surface area (Å²) in [7, 11) is 0. The van der Waals surface area contributed by atoms with Gasteiger partial charge in [0.2, 0.25) is 5.91 Å². The van der Waals surface area contributed by atoms with E-state index in [2.05, 4.69) is 31.5 Å². The minimum Gasteiger partial charge on any atom is -0.444 e. The largest absolute Gasteiger partial charge is 0.444 e. The number of carbonyl (C=O) groups is 2. The Kier molecular flexibility index (Phi) is 7.50. The number of nitrogens with zero attached hydrogens (tertiary/aromatic N) is 1. The molecular weight excluding hydrogens is 450 g/mol. The molecule has 0 radical (unpaired) electrons. The van der Waals surface area contributed by atoms with Crippen LogP contribution >= 0.6 is 27.5 Å². The van der Waals surface area contributed by atoms with Crippen molar-refractivity contribution >= 4 is 39.3 Å². The van der Waals surface area contributed by atoms with E-state index in [4.69, 9.17) is 20.8 Å². The summed E-state index contributed by atoms with van der Waals surface area (Å²) in [6.45, 7) is 3.04. The summed E-state index contributed by atoms with van der Waals surface area (Å²) in [5.41, 5.74) is 0.954. The molecule has 0 bridgehead atoms. The van der Waals surface area contributed by atoms with Gasteiger partial charge in [-0.25, -0.2) is 0 Å². The third-order valence-corrected chi connectivity index (χ3v) is 5.22. The van der Waals surface area contributed by atoms with Crippen molar-refractivity contribution < 1.29 is 18.7 Å². The van der Waals surface area contributed by atoms with Crippen molar-refractivity contribution in [3.8, 4) is 0 Å². The third kappa shape index (κ3) is 5.57. The molecule has 0 saturated carbocycles. The van der Waals surface area contributed by atoms with Crippen LogP contribution in [0.1, 0.15) is 22.2 Å². The molecular formula is C19H21BrClN3O4. The molecule has 0 aliphatic carbocycles. The number of furan rings is 1. The van der Waals surface area contributed by atoms with Crippen molar-refractivity contribution in [2.45, 2.75) is 6.04 Å². The van der Waals surface area contributed by atoms with E-state index in [9.17, 15) is 9.59 Å². The molecule has 2 aromatic rings. The lowest BCUT2D eigenvalue weighted by atomic mass is 10.0. The van der Waals surface area contributed by atoms with Crippen LogP contribution in [-0.4, -0.2) is 56.1 Å². The van der Waals surface area contributed by atoms with Gasteiger partial charge in [-0.05, 0) is 39.7 Å². The third-order valence-electron chi connectivity index (χ3n) is 4.45. The second-order valence-corrected chi connectivity index (χ2v) is 7.46. The first-order chi connectivity index (χ1) is 13.5. The average molecular weight is 471 g/mol. The van der Waals surface area contributed by atoms with Gasteiger partial charge in [0.05, 0.1) is 25.8 Å². The molecule has 150 valence electrons. The second-order valence-electron chi connectivity index (χ2n) is 6.28. The number of hydrogen-bond donors (Lipinski definition) is 2. The minimum atomic E-state index is -0.448. The van der Waals surface area contributed by atoms with Gasteiger partial charge in [0.1, 0.15) is 0 Å². The van der Waals surface area contributed by atoms with Crippen LogP contribution in [0.25, 0.3) is 0 Å². The van der Waals surface area contributed by atoms with E-state index in [1.54, 1.807) is 6.07 Å². The lowest BCUT2D eigenvalue weighted by molar-refractivity contribution is -0.120. The van der Waals surface area contributed by atoms with E-state index in [1.165, 1.54) is 6.07 Å². The van der Waals surface area contributed by atoms with Crippen molar-refractivity contribution in [2.24, 2.45) is 0 Å². The predicted molar refractivity (Wildman–Crippen MR) is 108 cm³/mol. The van der Waals surface area contributed by atoms with E-state index in [0.717, 1.165) is 18.7 Å². The first-order valence-corrected chi connectivity index (χ1v) is 10.1. The van der Waals surface area contributed by atoms with Crippen LogP contribution in [0, 0.1) is 0 Å². The quantitative estimate of drug-likeness (QED) is 0.650. The van der Waals surface area contributed by atoms with Gasteiger partial charge in [0.25, 0.3) is 5.91 Å². The van der Waals surface area contributed by atoms with Gasteiger partial charge < -0.3 is 19.8 Å². The van der Waals surface area contributed by atoms with Gasteiger partial charge in [0, 0.05) is 24.7 Å². The summed E-state index contributed by atoms with van der Waals surface area (Å²) >= 11 is 9.52. The summed E-state index contributed by atoms with van der Waals surface area (Å²) in [4.78, 5) is 26.5. The zero-order chi connectivity index (χ0) is 19.9. The van der Waals surface area contributed by atoms with Crippen molar-refractivity contribution in [3.63, 3.8) is 0 Å². The number of carbonyl (C=O) groups excluding carboxylic acids is 2. The molecule has 7 nitrogen and oxygen atoms in total. The monoisotopic (exact) mass is 469 g/mol. The molecule has 2 amide bonds. The highest BCUT2D eigenvalue weighted by atomic mass is 79.9. The minimum absolute atomic E-state index is 0.0710. The topological polar surface area (TPSA) is 83.8 Å². The molecule has 1 unspecified atom stereocenters. The van der Waals surface area contributed by atoms with Gasteiger partial charge in [-0.2, -0.15) is 0 Å². The Hall–Kier alpha value is -1.87. The van der Waals surface area contributed by atoms with E-state index in [-0.39, 0.29) is 24.3 Å². The number of rotatable bonds is 7. The number of amides is 2. The standard InChI is InChI=1S/C19H21BrClN3O4/c20-17-6-5-16(28-17)19(26)23-12-18(25)22-11-15(24-7-9-27-10-8-24)13-3-1-2-4-14(13)21/h1-6,15H,7-12H2,(H,22,25)(H,23,26). The lowest BCUT2D eigenvalue weighted by Gasteiger charge is -2.35. The van der Waals surface area contributed by atoms with Crippen molar-refractivity contribution in [2.75, 3.05) is 39.4 Å². The Morgan fingerprint density at radius 3 is 2.57 bits per heavy atom. The van der Waals surface area contributed by atoms with Crippen molar-refractivity contribution in [1.82, 2.24) is 15.5 Å². The van der Waals surface area contributed by atoms with Crippen molar-refractivity contribution in [3.05, 3.63) is 57.4 Å². The molecule has 1 atom stereocenters. The molecule has 3 rings (SSSR count). The number of nitrogens with one attached hydrogen (secondary N) is 2. The maximum Gasteiger partial charge on any atom is 0.287 e. The highest BCUT2D eigenvalue weighted by Gasteiger charge is 2.25. The molecule has 1 aliphatic heterocycles. The summed E-state index contributed by atoms with van der Waals surface area (Å²) in [6.07, 6.45) is 0. The molecule has 1 saturated heterocycles. The molecule has 1 aromatic carbocycles. The fraction of sp³-hybridized carbons (Fsp3) is 0.368. The molecule has 1 aromatic heterocycles. The van der Waals surface area contributed by atoms with Gasteiger partial charge in [-0.15, -0.1) is 0 Å². The predicted octanol–water partition coefficient (Wildman–Crippen LogP) is 2.62. The molecule has 2 N–H and O–H groups in total. The molecule has 28 heavy (non-hydrogen) atoms. The van der Waals surface area contributed by atoms with E-state index in [0.29, 0.717) is 29.5 Å². The molecule has 1 fully saturated rings. The van der Waals surface area contributed by atoms with E-state index < -0.39 is 5.91 Å². The van der Waals surface area contributed by atoms with Gasteiger partial charge in [-0.1, -0.05) is 29.8 Å². The summed E-state index contributed by atoms with van der Waals surface area (Å²) in [5.74, 6) is -0.595. The van der Waals surface area contributed by atoms with Gasteiger partial charge in [0.15, 0.2) is 10.4 Å². The molecule has 2 heterocycles. The Bertz CT molecular complexity index is 823. The maximum atomic E-state index is 12.2. The van der Waals surface area contributed by atoms with Crippen molar-refractivity contribution in [1.29, 1.82) is 0 Å². The molecule has 1 aliphatic rings. The lowest BCUT2D eigenvalue weighted by Crippen LogP contribution is -2.45. The number of benzene rings is 1. The molecule has 9 heteroatoms. The van der Waals surface area contributed by atoms with E-state index in [1.807, 2.05) is 24.3 Å². The first-order valence-electron chi connectivity index (χ1n) is 8.91. The van der Waals surface area contributed by atoms with Crippen LogP contribution in [0.5, 0.6) is 0 Å². The fourth-order valence-corrected chi connectivity index (χ4v) is 3.60. The smallest absolute Gasteiger partial charge is 0.287 e. The highest BCUT2D eigenvalue weighted by Crippen LogP contribution is 2.27. The highest BCUT2D eigenvalue weighted by molar-refractivity contribution is 9.10. The van der Waals surface area contributed by atoms with Crippen LogP contribution in [0.4, 0.5) is 0 Å². The number of halogens is 2. The Labute approximate surface area is 176 Å². The average Bonchev–Trinajstić information content (AvgIpc) is 3.15. The summed E-state index contributed by atoms with van der Waals surface area (Å²) in [5, 5.41) is 6.08. The van der Waals surface area contributed by atoms with E-state index >= 15 is 0 Å². The normalized spacial score (nSPS) is 15.8. The van der Waals surface area contributed by atoms with Gasteiger partial charge >= 0.3 is 0 Å². The van der Waals surface area contributed by atoms with Crippen LogP contribution in [0.2, 0.25) is 5.02 Å². The van der Waals surface area contributed by atoms with Crippen LogP contribution < -0.4 is 10.6 Å². The van der Waals surface area contributed by atoms with Crippen LogP contribution in [0.3, 0.4) is 0 Å². The first kappa shape index (κ1) is 20.9. The Morgan fingerprint density at radius 2 is 1.89 bits per heavy atom. The maximum absolute atomic E-state index is 12.2. The number of morpholine rings is 1. The number of ether oxygens (including phenoxy) is 1. The van der Waals surface area contributed by atoms with Crippen LogP contribution in [0.15, 0.2) is 45.5 Å². The number of hydrogen-bond acceptors (Lipinski definition) is 5. The summed E-state index contributed by atoms with van der Waals surface area (Å²) < 4.78 is 11.0. The Balaban J connectivity index is 1.57. The second kappa shape index (κ2) is 10.1. The fourth-order valence-electron chi connectivity index (χ4n) is 3.03. The summed E-state index contributed by atoms with van der Waals surface area (Å²) in [6, 6.07) is 10.7.